The molecule has 0 saturated carbocycles. The summed E-state index contributed by atoms with van der Waals surface area (Å²) >= 11 is 6.32. The Bertz CT molecular complexity index is 1060. The number of rotatable bonds is 9. The topological polar surface area (TPSA) is 75.1 Å². The number of anilines is 1. The highest BCUT2D eigenvalue weighted by Crippen LogP contribution is 2.39. The largest absolute Gasteiger partial charge is 0.493 e. The van der Waals surface area contributed by atoms with Gasteiger partial charge in [0.05, 0.1) is 43.1 Å². The second-order valence-corrected chi connectivity index (χ2v) is 7.86. The number of methoxy groups -OCH3 is 1. The van der Waals surface area contributed by atoms with E-state index in [2.05, 4.69) is 0 Å². The van der Waals surface area contributed by atoms with Gasteiger partial charge in [0, 0.05) is 26.2 Å². The van der Waals surface area contributed by atoms with Gasteiger partial charge in [0.1, 0.15) is 5.84 Å². The van der Waals surface area contributed by atoms with Crippen molar-refractivity contribution in [1.82, 2.24) is 4.90 Å². The van der Waals surface area contributed by atoms with Crippen molar-refractivity contribution in [3.05, 3.63) is 45.7 Å². The van der Waals surface area contributed by atoms with Crippen molar-refractivity contribution in [3.63, 3.8) is 0 Å². The van der Waals surface area contributed by atoms with Crippen LogP contribution in [0.2, 0.25) is 5.02 Å². The van der Waals surface area contributed by atoms with Gasteiger partial charge in [-0.15, -0.1) is 17.0 Å². The highest BCUT2D eigenvalue weighted by Gasteiger charge is 2.33. The Balaban J connectivity index is 0.00000385. The molecule has 33 heavy (non-hydrogen) atoms. The summed E-state index contributed by atoms with van der Waals surface area (Å²) in [4.78, 5) is 16.4. The van der Waals surface area contributed by atoms with Crippen LogP contribution in [0.4, 0.5) is 10.1 Å². The van der Waals surface area contributed by atoms with E-state index < -0.39 is 5.82 Å². The van der Waals surface area contributed by atoms with Crippen molar-refractivity contribution in [2.24, 2.45) is 0 Å². The average Bonchev–Trinajstić information content (AvgIpc) is 3.05. The number of fused-ring (bicyclic) bond motifs is 1. The summed E-state index contributed by atoms with van der Waals surface area (Å²) in [6, 6.07) is 4.92. The molecule has 2 aromatic carbocycles. The molecule has 10 heteroatoms. The van der Waals surface area contributed by atoms with Gasteiger partial charge >= 0.3 is 0 Å². The smallest absolute Gasteiger partial charge is 0.197 e. The number of carbonyl (C=O) groups is 1. The molecule has 1 aliphatic rings. The molecular formula is C23H28BrClFN3O4. The van der Waals surface area contributed by atoms with E-state index in [1.165, 1.54) is 12.0 Å². The number of hydrogen-bond donors (Lipinski definition) is 1. The third kappa shape index (κ3) is 5.19. The summed E-state index contributed by atoms with van der Waals surface area (Å²) in [7, 11) is 5.16. The van der Waals surface area contributed by atoms with Crippen molar-refractivity contribution < 1.29 is 23.4 Å². The number of ether oxygens (including phenoxy) is 3. The van der Waals surface area contributed by atoms with Crippen LogP contribution in [0, 0.1) is 11.2 Å². The fourth-order valence-electron chi connectivity index (χ4n) is 3.70. The Hall–Kier alpha value is -2.52. The maximum atomic E-state index is 15.2. The van der Waals surface area contributed by atoms with Crippen LogP contribution in [0.25, 0.3) is 0 Å². The van der Waals surface area contributed by atoms with Gasteiger partial charge < -0.3 is 24.0 Å². The number of halogens is 3. The molecule has 0 radical (unpaired) electrons. The van der Waals surface area contributed by atoms with Crippen LogP contribution in [0.15, 0.2) is 18.2 Å². The van der Waals surface area contributed by atoms with Crippen LogP contribution in [0.1, 0.15) is 35.3 Å². The van der Waals surface area contributed by atoms with E-state index in [1.54, 1.807) is 36.9 Å². The SMILES string of the molecule is Br.CCOc1cc2c(c(F)c1OCC)C(=N)N(CC(=O)c1cc(Cl)c(OC)c(N(C)C)c1)C2. The standard InChI is InChI=1S/C23H27ClFN3O4.BrH/c1-6-31-18-10-14-11-28(23(26)19(14)20(25)22(18)32-7-2)12-17(29)13-8-15(24)21(30-5)16(9-13)27(3)4;/h8-10,26H,6-7,11-12H2,1-5H3;1H. The zero-order chi connectivity index (χ0) is 23.6. The van der Waals surface area contributed by atoms with Crippen LogP contribution in [0.5, 0.6) is 17.2 Å². The van der Waals surface area contributed by atoms with Gasteiger partial charge in [-0.3, -0.25) is 10.2 Å². The minimum atomic E-state index is -0.643. The van der Waals surface area contributed by atoms with Crippen LogP contribution >= 0.6 is 28.6 Å². The molecule has 0 bridgehead atoms. The first-order valence-corrected chi connectivity index (χ1v) is 10.6. The number of carbonyl (C=O) groups excluding carboxylic acids is 1. The van der Waals surface area contributed by atoms with Crippen molar-refractivity contribution in [3.8, 4) is 17.2 Å². The van der Waals surface area contributed by atoms with Crippen molar-refractivity contribution in [1.29, 1.82) is 5.41 Å². The zero-order valence-corrected chi connectivity index (χ0v) is 21.7. The molecule has 1 N–H and O–H groups in total. The maximum absolute atomic E-state index is 15.2. The summed E-state index contributed by atoms with van der Waals surface area (Å²) in [5.74, 6) is -0.195. The van der Waals surface area contributed by atoms with Gasteiger partial charge in [-0.2, -0.15) is 0 Å². The molecule has 0 unspecified atom stereocenters. The van der Waals surface area contributed by atoms with E-state index in [4.69, 9.17) is 31.2 Å². The number of nitrogens with one attached hydrogen (secondary N) is 1. The Morgan fingerprint density at radius 3 is 2.42 bits per heavy atom. The molecule has 0 aliphatic carbocycles. The summed E-state index contributed by atoms with van der Waals surface area (Å²) in [5, 5.41) is 8.80. The lowest BCUT2D eigenvalue weighted by Crippen LogP contribution is -2.30. The third-order valence-corrected chi connectivity index (χ3v) is 5.42. The van der Waals surface area contributed by atoms with Gasteiger partial charge in [0.2, 0.25) is 0 Å². The molecular weight excluding hydrogens is 517 g/mol. The predicted molar refractivity (Wildman–Crippen MR) is 133 cm³/mol. The molecule has 0 aromatic heterocycles. The first kappa shape index (κ1) is 26.7. The Kier molecular flexibility index (Phi) is 8.97. The highest BCUT2D eigenvalue weighted by molar-refractivity contribution is 8.93. The molecule has 0 fully saturated rings. The van der Waals surface area contributed by atoms with Gasteiger partial charge in [-0.1, -0.05) is 11.6 Å². The van der Waals surface area contributed by atoms with E-state index in [1.807, 2.05) is 14.1 Å². The number of nitrogens with zero attached hydrogens (tertiary/aromatic N) is 2. The number of benzene rings is 2. The van der Waals surface area contributed by atoms with Crippen LogP contribution in [0.3, 0.4) is 0 Å². The monoisotopic (exact) mass is 543 g/mol. The van der Waals surface area contributed by atoms with Gasteiger partial charge in [-0.05, 0) is 37.6 Å². The maximum Gasteiger partial charge on any atom is 0.197 e. The first-order chi connectivity index (χ1) is 15.2. The van der Waals surface area contributed by atoms with Gasteiger partial charge in [-0.25, -0.2) is 4.39 Å². The van der Waals surface area contributed by atoms with E-state index >= 15 is 4.39 Å². The lowest BCUT2D eigenvalue weighted by atomic mass is 10.1. The molecule has 0 saturated heterocycles. The summed E-state index contributed by atoms with van der Waals surface area (Å²) in [5.41, 5.74) is 1.76. The minimum absolute atomic E-state index is 0. The van der Waals surface area contributed by atoms with E-state index in [-0.39, 0.29) is 59.6 Å². The molecule has 1 heterocycles. The normalized spacial score (nSPS) is 12.2. The predicted octanol–water partition coefficient (Wildman–Crippen LogP) is 4.95. The highest BCUT2D eigenvalue weighted by atomic mass is 79.9. The third-order valence-electron chi connectivity index (χ3n) is 5.14. The molecule has 0 atom stereocenters. The van der Waals surface area contributed by atoms with Crippen molar-refractivity contribution >= 4 is 45.9 Å². The molecule has 0 spiro atoms. The fraction of sp³-hybridized carbons (Fsp3) is 0.391. The fourth-order valence-corrected chi connectivity index (χ4v) is 3.99. The number of amidine groups is 1. The number of ketones is 1. The lowest BCUT2D eigenvalue weighted by Gasteiger charge is -2.20. The Morgan fingerprint density at radius 2 is 1.85 bits per heavy atom. The second-order valence-electron chi connectivity index (χ2n) is 7.45. The van der Waals surface area contributed by atoms with E-state index in [0.717, 1.165) is 0 Å². The molecule has 2 aromatic rings. The number of Topliss-reactive ketones (excluding diaryl/α,β-unsaturated/α-hetero) is 1. The first-order valence-electron chi connectivity index (χ1n) is 10.3. The minimum Gasteiger partial charge on any atom is -0.493 e. The summed E-state index contributed by atoms with van der Waals surface area (Å²) in [6.07, 6.45) is 0. The van der Waals surface area contributed by atoms with Crippen LogP contribution in [-0.2, 0) is 6.54 Å². The van der Waals surface area contributed by atoms with Gasteiger partial charge in [0.25, 0.3) is 0 Å². The molecule has 0 amide bonds. The van der Waals surface area contributed by atoms with E-state index in [9.17, 15) is 4.79 Å². The average molecular weight is 545 g/mol. The zero-order valence-electron chi connectivity index (χ0n) is 19.3. The quantitative estimate of drug-likeness (QED) is 0.450. The van der Waals surface area contributed by atoms with Crippen molar-refractivity contribution in [2.75, 3.05) is 45.9 Å². The van der Waals surface area contributed by atoms with Crippen molar-refractivity contribution in [2.45, 2.75) is 20.4 Å². The summed E-state index contributed by atoms with van der Waals surface area (Å²) < 4.78 is 31.5. The molecule has 1 aliphatic heterocycles. The Labute approximate surface area is 208 Å². The molecule has 180 valence electrons. The van der Waals surface area contributed by atoms with Crippen LogP contribution in [-0.4, -0.2) is 57.5 Å². The van der Waals surface area contributed by atoms with Gasteiger partial charge in [0.15, 0.2) is 28.8 Å². The molecule has 3 rings (SSSR count). The van der Waals surface area contributed by atoms with Crippen LogP contribution < -0.4 is 19.1 Å². The van der Waals surface area contributed by atoms with E-state index in [0.29, 0.717) is 39.9 Å². The second kappa shape index (κ2) is 11.1. The Morgan fingerprint density at radius 1 is 1.18 bits per heavy atom. The lowest BCUT2D eigenvalue weighted by molar-refractivity contribution is 0.0962. The number of hydrogen-bond acceptors (Lipinski definition) is 6. The summed E-state index contributed by atoms with van der Waals surface area (Å²) in [6.45, 7) is 4.28. The molecule has 7 nitrogen and oxygen atoms in total.